The molecule has 2 rings (SSSR count). The van der Waals surface area contributed by atoms with Gasteiger partial charge in [-0.2, -0.15) is 0 Å². The van der Waals surface area contributed by atoms with E-state index >= 15 is 0 Å². The molecule has 102 valence electrons. The highest BCUT2D eigenvalue weighted by Crippen LogP contribution is 2.19. The molecule has 0 atom stereocenters. The van der Waals surface area contributed by atoms with Crippen molar-refractivity contribution in [2.75, 3.05) is 11.9 Å². The van der Waals surface area contributed by atoms with Crippen molar-refractivity contribution in [2.24, 2.45) is 0 Å². The van der Waals surface area contributed by atoms with Gasteiger partial charge in [-0.15, -0.1) is 0 Å². The number of carbonyl (C=O) groups excluding carboxylic acids is 1. The molecule has 3 N–H and O–H groups in total. The van der Waals surface area contributed by atoms with E-state index in [9.17, 15) is 4.79 Å². The van der Waals surface area contributed by atoms with E-state index in [1.165, 1.54) is 5.69 Å². The van der Waals surface area contributed by atoms with E-state index in [2.05, 4.69) is 27.7 Å². The van der Waals surface area contributed by atoms with Gasteiger partial charge in [0.15, 0.2) is 0 Å². The van der Waals surface area contributed by atoms with Gasteiger partial charge in [0.05, 0.1) is 12.2 Å². The van der Waals surface area contributed by atoms with Gasteiger partial charge in [0.25, 0.3) is 5.91 Å². The number of pyridine rings is 1. The Bertz CT molecular complexity index is 592. The van der Waals surface area contributed by atoms with Gasteiger partial charge in [0.1, 0.15) is 11.5 Å². The zero-order chi connectivity index (χ0) is 13.8. The Morgan fingerprint density at radius 1 is 1.47 bits per heavy atom. The van der Waals surface area contributed by atoms with Crippen molar-refractivity contribution in [3.05, 3.63) is 29.6 Å². The van der Waals surface area contributed by atoms with Gasteiger partial charge in [-0.1, -0.05) is 19.4 Å². The predicted octanol–water partition coefficient (Wildman–Crippen LogP) is 1.51. The normalized spacial score (nSPS) is 10.7. The molecule has 0 aromatic carbocycles. The fourth-order valence-electron chi connectivity index (χ4n) is 2.14. The molecular formula is C13H18N4O2. The summed E-state index contributed by atoms with van der Waals surface area (Å²) in [4.78, 5) is 15.5. The summed E-state index contributed by atoms with van der Waals surface area (Å²) in [7, 11) is 0. The number of hydroxylamine groups is 1. The van der Waals surface area contributed by atoms with Crippen molar-refractivity contribution in [3.63, 3.8) is 0 Å². The minimum Gasteiger partial charge on any atom is -0.359 e. The van der Waals surface area contributed by atoms with Crippen molar-refractivity contribution in [3.8, 4) is 0 Å². The molecule has 6 nitrogen and oxygen atoms in total. The second-order valence-electron chi connectivity index (χ2n) is 4.40. The van der Waals surface area contributed by atoms with Gasteiger partial charge in [-0.05, 0) is 25.5 Å². The van der Waals surface area contributed by atoms with Crippen LogP contribution < -0.4 is 10.8 Å². The molecule has 0 fully saturated rings. The number of fused-ring (bicyclic) bond motifs is 1. The molecule has 0 unspecified atom stereocenters. The summed E-state index contributed by atoms with van der Waals surface area (Å²) in [5.74, 6) is 0.164. The van der Waals surface area contributed by atoms with Crippen LogP contribution in [0.25, 0.3) is 5.65 Å². The van der Waals surface area contributed by atoms with Crippen LogP contribution in [0.2, 0.25) is 0 Å². The number of carbonyl (C=O) groups is 1. The number of anilines is 1. The fraction of sp³-hybridized carbons (Fsp3) is 0.385. The standard InChI is InChI=1S/C13H18N4O2/c1-3-5-10-6-4-7-11-15-13(9(2)17(10)11)14-8-12(18)16-19/h4,6-7,14,19H,3,5,8H2,1-2H3,(H,16,18). The molecule has 0 saturated heterocycles. The summed E-state index contributed by atoms with van der Waals surface area (Å²) in [5.41, 5.74) is 4.60. The Labute approximate surface area is 111 Å². The van der Waals surface area contributed by atoms with Crippen LogP contribution in [0.1, 0.15) is 24.7 Å². The van der Waals surface area contributed by atoms with Crippen LogP contribution in [0.4, 0.5) is 5.82 Å². The van der Waals surface area contributed by atoms with E-state index < -0.39 is 5.91 Å². The molecule has 0 aliphatic heterocycles. The first kappa shape index (κ1) is 13.4. The lowest BCUT2D eigenvalue weighted by Crippen LogP contribution is -2.27. The maximum absolute atomic E-state index is 11.0. The second-order valence-corrected chi connectivity index (χ2v) is 4.40. The molecular weight excluding hydrogens is 244 g/mol. The fourth-order valence-corrected chi connectivity index (χ4v) is 2.14. The number of rotatable bonds is 5. The smallest absolute Gasteiger partial charge is 0.262 e. The minimum absolute atomic E-state index is 0.00959. The number of nitrogens with one attached hydrogen (secondary N) is 2. The summed E-state index contributed by atoms with van der Waals surface area (Å²) in [5, 5.41) is 11.4. The molecule has 0 radical (unpaired) electrons. The number of nitrogens with zero attached hydrogens (tertiary/aromatic N) is 2. The zero-order valence-corrected chi connectivity index (χ0v) is 11.1. The Morgan fingerprint density at radius 3 is 2.95 bits per heavy atom. The van der Waals surface area contributed by atoms with Crippen LogP contribution >= 0.6 is 0 Å². The third kappa shape index (κ3) is 2.68. The number of imidazole rings is 1. The molecule has 2 aromatic heterocycles. The van der Waals surface area contributed by atoms with Crippen LogP contribution in [0.15, 0.2) is 18.2 Å². The van der Waals surface area contributed by atoms with Crippen LogP contribution in [0.3, 0.4) is 0 Å². The van der Waals surface area contributed by atoms with Crippen LogP contribution in [0.5, 0.6) is 0 Å². The molecule has 6 heteroatoms. The molecule has 0 spiro atoms. The minimum atomic E-state index is -0.495. The van der Waals surface area contributed by atoms with E-state index in [0.717, 1.165) is 24.2 Å². The monoisotopic (exact) mass is 262 g/mol. The maximum Gasteiger partial charge on any atom is 0.262 e. The van der Waals surface area contributed by atoms with Crippen LogP contribution in [-0.4, -0.2) is 27.0 Å². The predicted molar refractivity (Wildman–Crippen MR) is 72.3 cm³/mol. The topological polar surface area (TPSA) is 78.7 Å². The summed E-state index contributed by atoms with van der Waals surface area (Å²) in [6, 6.07) is 6.00. The molecule has 0 bridgehead atoms. The second kappa shape index (κ2) is 5.71. The highest BCUT2D eigenvalue weighted by molar-refractivity contribution is 5.79. The lowest BCUT2D eigenvalue weighted by Gasteiger charge is -2.06. The maximum atomic E-state index is 11.0. The van der Waals surface area contributed by atoms with Gasteiger partial charge in [0.2, 0.25) is 0 Å². The molecule has 1 amide bonds. The number of aryl methyl sites for hydroxylation is 2. The summed E-state index contributed by atoms with van der Waals surface area (Å²) < 4.78 is 2.09. The quantitative estimate of drug-likeness (QED) is 0.564. The van der Waals surface area contributed by atoms with E-state index in [0.29, 0.717) is 5.82 Å². The van der Waals surface area contributed by atoms with Crippen molar-refractivity contribution in [1.29, 1.82) is 0 Å². The van der Waals surface area contributed by atoms with Crippen molar-refractivity contribution in [1.82, 2.24) is 14.9 Å². The van der Waals surface area contributed by atoms with Gasteiger partial charge in [-0.3, -0.25) is 14.4 Å². The number of aromatic nitrogens is 2. The van der Waals surface area contributed by atoms with Gasteiger partial charge < -0.3 is 5.32 Å². The highest BCUT2D eigenvalue weighted by Gasteiger charge is 2.11. The molecule has 0 saturated carbocycles. The largest absolute Gasteiger partial charge is 0.359 e. The summed E-state index contributed by atoms with van der Waals surface area (Å²) >= 11 is 0. The molecule has 0 aliphatic rings. The number of amides is 1. The molecule has 2 aromatic rings. The average Bonchev–Trinajstić information content (AvgIpc) is 2.74. The van der Waals surface area contributed by atoms with Gasteiger partial charge >= 0.3 is 0 Å². The van der Waals surface area contributed by atoms with E-state index in [4.69, 9.17) is 5.21 Å². The third-order valence-corrected chi connectivity index (χ3v) is 3.00. The Hall–Kier alpha value is -2.08. The lowest BCUT2D eigenvalue weighted by atomic mass is 10.2. The first-order valence-electron chi connectivity index (χ1n) is 6.31. The van der Waals surface area contributed by atoms with E-state index in [1.54, 1.807) is 5.48 Å². The number of hydrogen-bond acceptors (Lipinski definition) is 4. The van der Waals surface area contributed by atoms with Crippen molar-refractivity contribution < 1.29 is 10.0 Å². The van der Waals surface area contributed by atoms with Crippen LogP contribution in [-0.2, 0) is 11.2 Å². The Kier molecular flexibility index (Phi) is 4.01. The van der Waals surface area contributed by atoms with Gasteiger partial charge in [-0.25, -0.2) is 10.5 Å². The van der Waals surface area contributed by atoms with Crippen molar-refractivity contribution >= 4 is 17.4 Å². The summed E-state index contributed by atoms with van der Waals surface area (Å²) in [6.45, 7) is 4.08. The van der Waals surface area contributed by atoms with Crippen LogP contribution in [0, 0.1) is 6.92 Å². The van der Waals surface area contributed by atoms with Crippen molar-refractivity contribution in [2.45, 2.75) is 26.7 Å². The average molecular weight is 262 g/mol. The third-order valence-electron chi connectivity index (χ3n) is 3.00. The lowest BCUT2D eigenvalue weighted by molar-refractivity contribution is -0.127. The van der Waals surface area contributed by atoms with E-state index in [-0.39, 0.29) is 6.54 Å². The Balaban J connectivity index is 2.34. The highest BCUT2D eigenvalue weighted by atomic mass is 16.5. The van der Waals surface area contributed by atoms with Gasteiger partial charge in [0, 0.05) is 5.69 Å². The zero-order valence-electron chi connectivity index (χ0n) is 11.1. The Morgan fingerprint density at radius 2 is 2.26 bits per heavy atom. The number of hydrogen-bond donors (Lipinski definition) is 3. The van der Waals surface area contributed by atoms with E-state index in [1.807, 2.05) is 19.1 Å². The molecule has 19 heavy (non-hydrogen) atoms. The SMILES string of the molecule is CCCc1cccc2nc(NCC(=O)NO)c(C)n12. The molecule has 0 aliphatic carbocycles. The molecule has 2 heterocycles. The summed E-state index contributed by atoms with van der Waals surface area (Å²) in [6.07, 6.45) is 2.04. The first-order valence-corrected chi connectivity index (χ1v) is 6.31. The first-order chi connectivity index (χ1) is 9.17.